The second-order valence-electron chi connectivity index (χ2n) is 4.82. The highest BCUT2D eigenvalue weighted by molar-refractivity contribution is 7.09. The average molecular weight is 274 g/mol. The Morgan fingerprint density at radius 1 is 1.21 bits per heavy atom. The van der Waals surface area contributed by atoms with Crippen LogP contribution < -0.4 is 10.6 Å². The Morgan fingerprint density at radius 3 is 2.68 bits per heavy atom. The Balaban J connectivity index is 2.07. The van der Waals surface area contributed by atoms with Gasteiger partial charge in [-0.25, -0.2) is 0 Å². The van der Waals surface area contributed by atoms with E-state index in [1.54, 1.807) is 0 Å². The standard InChI is InChI=1S/C16H22N2S/c1-3-15(17)14-8-4-5-9-16(14)18(2)11-10-13-7-6-12-19-13/h4-9,12,15H,3,10-11,17H2,1-2H3. The fraction of sp³-hybridized carbons (Fsp3) is 0.375. The summed E-state index contributed by atoms with van der Waals surface area (Å²) < 4.78 is 0. The van der Waals surface area contributed by atoms with Crippen molar-refractivity contribution in [1.82, 2.24) is 0 Å². The highest BCUT2D eigenvalue weighted by atomic mass is 32.1. The molecule has 0 bridgehead atoms. The molecule has 2 aromatic rings. The summed E-state index contributed by atoms with van der Waals surface area (Å²) >= 11 is 1.82. The molecule has 0 saturated heterocycles. The summed E-state index contributed by atoms with van der Waals surface area (Å²) in [5.74, 6) is 0. The molecule has 0 aliphatic rings. The minimum absolute atomic E-state index is 0.125. The van der Waals surface area contributed by atoms with Crippen molar-refractivity contribution >= 4 is 17.0 Å². The first-order valence-electron chi connectivity index (χ1n) is 6.80. The van der Waals surface area contributed by atoms with Crippen LogP contribution in [0.4, 0.5) is 5.69 Å². The third kappa shape index (κ3) is 3.58. The Bertz CT molecular complexity index is 493. The molecule has 1 unspecified atom stereocenters. The number of nitrogens with zero attached hydrogens (tertiary/aromatic N) is 1. The normalized spacial score (nSPS) is 12.4. The van der Waals surface area contributed by atoms with Gasteiger partial charge in [0.1, 0.15) is 0 Å². The topological polar surface area (TPSA) is 29.3 Å². The van der Waals surface area contributed by atoms with Crippen LogP contribution in [0.3, 0.4) is 0 Å². The predicted octanol–water partition coefficient (Wildman–Crippen LogP) is 3.84. The third-order valence-corrected chi connectivity index (χ3v) is 4.40. The van der Waals surface area contributed by atoms with Gasteiger partial charge in [0.25, 0.3) is 0 Å². The third-order valence-electron chi connectivity index (χ3n) is 3.46. The van der Waals surface area contributed by atoms with E-state index in [2.05, 4.69) is 60.6 Å². The van der Waals surface area contributed by atoms with E-state index < -0.39 is 0 Å². The predicted molar refractivity (Wildman–Crippen MR) is 85.0 cm³/mol. The Morgan fingerprint density at radius 2 is 2.00 bits per heavy atom. The quantitative estimate of drug-likeness (QED) is 0.867. The number of hydrogen-bond donors (Lipinski definition) is 1. The molecule has 0 spiro atoms. The SMILES string of the molecule is CCC(N)c1ccccc1N(C)CCc1cccs1. The van der Waals surface area contributed by atoms with Crippen LogP contribution in [0.5, 0.6) is 0 Å². The first kappa shape index (κ1) is 14.1. The van der Waals surface area contributed by atoms with Crippen molar-refractivity contribution in [3.05, 3.63) is 52.2 Å². The van der Waals surface area contributed by atoms with E-state index in [1.807, 2.05) is 11.3 Å². The second-order valence-corrected chi connectivity index (χ2v) is 5.86. The van der Waals surface area contributed by atoms with Crippen molar-refractivity contribution in [3.63, 3.8) is 0 Å². The van der Waals surface area contributed by atoms with Crippen LogP contribution in [0, 0.1) is 0 Å². The van der Waals surface area contributed by atoms with Gasteiger partial charge in [0.2, 0.25) is 0 Å². The van der Waals surface area contributed by atoms with Gasteiger partial charge in [-0.2, -0.15) is 0 Å². The number of hydrogen-bond acceptors (Lipinski definition) is 3. The second kappa shape index (κ2) is 6.73. The van der Waals surface area contributed by atoms with Gasteiger partial charge in [0.15, 0.2) is 0 Å². The maximum Gasteiger partial charge on any atom is 0.0412 e. The molecule has 1 aromatic heterocycles. The Labute approximate surface area is 119 Å². The largest absolute Gasteiger partial charge is 0.374 e. The van der Waals surface area contributed by atoms with Crippen LogP contribution >= 0.6 is 11.3 Å². The molecule has 2 N–H and O–H groups in total. The lowest BCUT2D eigenvalue weighted by molar-refractivity contribution is 0.694. The Hall–Kier alpha value is -1.32. The van der Waals surface area contributed by atoms with E-state index in [1.165, 1.54) is 16.1 Å². The number of para-hydroxylation sites is 1. The molecule has 19 heavy (non-hydrogen) atoms. The number of nitrogens with two attached hydrogens (primary N) is 1. The lowest BCUT2D eigenvalue weighted by Crippen LogP contribution is -2.23. The molecule has 0 radical (unpaired) electrons. The number of thiophene rings is 1. The van der Waals surface area contributed by atoms with Gasteiger partial charge in [0, 0.05) is 30.2 Å². The fourth-order valence-corrected chi connectivity index (χ4v) is 2.92. The molecule has 102 valence electrons. The molecule has 1 aromatic carbocycles. The van der Waals surface area contributed by atoms with E-state index in [-0.39, 0.29) is 6.04 Å². The first-order valence-corrected chi connectivity index (χ1v) is 7.68. The molecule has 2 nitrogen and oxygen atoms in total. The highest BCUT2D eigenvalue weighted by Gasteiger charge is 2.12. The van der Waals surface area contributed by atoms with Crippen LogP contribution in [0.25, 0.3) is 0 Å². The lowest BCUT2D eigenvalue weighted by Gasteiger charge is -2.24. The number of benzene rings is 1. The fourth-order valence-electron chi connectivity index (χ4n) is 2.22. The first-order chi connectivity index (χ1) is 9.22. The maximum absolute atomic E-state index is 6.20. The van der Waals surface area contributed by atoms with Gasteiger partial charge in [-0.1, -0.05) is 31.2 Å². The van der Waals surface area contributed by atoms with Crippen LogP contribution in [-0.2, 0) is 6.42 Å². The van der Waals surface area contributed by atoms with Gasteiger partial charge in [0.05, 0.1) is 0 Å². The van der Waals surface area contributed by atoms with Crippen molar-refractivity contribution < 1.29 is 0 Å². The molecule has 0 saturated carbocycles. The van der Waals surface area contributed by atoms with Crippen molar-refractivity contribution in [2.45, 2.75) is 25.8 Å². The summed E-state index contributed by atoms with van der Waals surface area (Å²) in [6, 6.07) is 12.9. The molecule has 3 heteroatoms. The minimum Gasteiger partial charge on any atom is -0.374 e. The van der Waals surface area contributed by atoms with Crippen LogP contribution in [0.15, 0.2) is 41.8 Å². The number of rotatable bonds is 6. The summed E-state index contributed by atoms with van der Waals surface area (Å²) in [5, 5.41) is 2.14. The molecule has 2 rings (SSSR count). The molecular weight excluding hydrogens is 252 g/mol. The van der Waals surface area contributed by atoms with Crippen molar-refractivity contribution in [2.75, 3.05) is 18.5 Å². The van der Waals surface area contributed by atoms with Gasteiger partial charge in [-0.3, -0.25) is 0 Å². The lowest BCUT2D eigenvalue weighted by atomic mass is 10.0. The zero-order valence-corrected chi connectivity index (χ0v) is 12.5. The van der Waals surface area contributed by atoms with Gasteiger partial charge in [-0.15, -0.1) is 11.3 Å². The molecule has 0 aliphatic heterocycles. The van der Waals surface area contributed by atoms with E-state index in [0.717, 1.165) is 19.4 Å². The van der Waals surface area contributed by atoms with E-state index >= 15 is 0 Å². The number of anilines is 1. The summed E-state index contributed by atoms with van der Waals surface area (Å²) in [6.45, 7) is 3.15. The van der Waals surface area contributed by atoms with Crippen molar-refractivity contribution in [1.29, 1.82) is 0 Å². The molecule has 0 fully saturated rings. The molecule has 1 heterocycles. The van der Waals surface area contributed by atoms with E-state index in [0.29, 0.717) is 0 Å². The summed E-state index contributed by atoms with van der Waals surface area (Å²) in [5.41, 5.74) is 8.71. The maximum atomic E-state index is 6.20. The van der Waals surface area contributed by atoms with Crippen molar-refractivity contribution in [3.8, 4) is 0 Å². The Kier molecular flexibility index (Phi) is 5.00. The van der Waals surface area contributed by atoms with Gasteiger partial charge < -0.3 is 10.6 Å². The van der Waals surface area contributed by atoms with Crippen LogP contribution in [0.1, 0.15) is 29.8 Å². The number of likely N-dealkylation sites (N-methyl/N-ethyl adjacent to an activating group) is 1. The minimum atomic E-state index is 0.125. The smallest absolute Gasteiger partial charge is 0.0412 e. The van der Waals surface area contributed by atoms with Crippen molar-refractivity contribution in [2.24, 2.45) is 5.73 Å². The highest BCUT2D eigenvalue weighted by Crippen LogP contribution is 2.26. The molecular formula is C16H22N2S. The monoisotopic (exact) mass is 274 g/mol. The van der Waals surface area contributed by atoms with E-state index in [9.17, 15) is 0 Å². The van der Waals surface area contributed by atoms with Crippen LogP contribution in [0.2, 0.25) is 0 Å². The zero-order chi connectivity index (χ0) is 13.7. The average Bonchev–Trinajstić information content (AvgIpc) is 2.97. The van der Waals surface area contributed by atoms with Crippen LogP contribution in [-0.4, -0.2) is 13.6 Å². The molecule has 0 amide bonds. The van der Waals surface area contributed by atoms with Gasteiger partial charge >= 0.3 is 0 Å². The summed E-state index contributed by atoms with van der Waals surface area (Å²) in [7, 11) is 2.15. The zero-order valence-electron chi connectivity index (χ0n) is 11.7. The summed E-state index contributed by atoms with van der Waals surface area (Å²) in [6.07, 6.45) is 2.06. The summed E-state index contributed by atoms with van der Waals surface area (Å²) in [4.78, 5) is 3.74. The van der Waals surface area contributed by atoms with Gasteiger partial charge in [-0.05, 0) is 35.9 Å². The molecule has 0 aliphatic carbocycles. The van der Waals surface area contributed by atoms with E-state index in [4.69, 9.17) is 5.73 Å². The molecule has 1 atom stereocenters.